The van der Waals surface area contributed by atoms with E-state index in [2.05, 4.69) is 18.7 Å². The summed E-state index contributed by atoms with van der Waals surface area (Å²) in [5, 5.41) is 0. The topological polar surface area (TPSA) is 20.3 Å². The summed E-state index contributed by atoms with van der Waals surface area (Å²) >= 11 is 1.56. The van der Waals surface area contributed by atoms with Gasteiger partial charge in [-0.2, -0.15) is 11.8 Å². The van der Waals surface area contributed by atoms with E-state index in [1.807, 2.05) is 30.5 Å². The Morgan fingerprint density at radius 1 is 1.19 bits per heavy atom. The van der Waals surface area contributed by atoms with E-state index >= 15 is 0 Å². The molecular weight excluding hydrogens is 218 g/mol. The maximum atomic E-state index is 11.6. The molecule has 0 spiro atoms. The van der Waals surface area contributed by atoms with Gasteiger partial charge in [0, 0.05) is 24.3 Å². The van der Waals surface area contributed by atoms with Gasteiger partial charge in [0.05, 0.1) is 5.75 Å². The molecule has 0 amide bonds. The molecule has 1 aromatic carbocycles. The Hall–Kier alpha value is -0.960. The van der Waals surface area contributed by atoms with Crippen LogP contribution in [-0.4, -0.2) is 30.9 Å². The fraction of sp³-hybridized carbons (Fsp3) is 0.462. The van der Waals surface area contributed by atoms with Crippen molar-refractivity contribution in [1.29, 1.82) is 0 Å². The number of hydrogen-bond donors (Lipinski definition) is 0. The number of thioether (sulfide) groups is 1. The molecule has 2 nitrogen and oxygen atoms in total. The van der Waals surface area contributed by atoms with Gasteiger partial charge in [-0.25, -0.2) is 0 Å². The van der Waals surface area contributed by atoms with E-state index < -0.39 is 0 Å². The highest BCUT2D eigenvalue weighted by molar-refractivity contribution is 7.99. The van der Waals surface area contributed by atoms with Crippen molar-refractivity contribution >= 4 is 23.2 Å². The quantitative estimate of drug-likeness (QED) is 0.709. The van der Waals surface area contributed by atoms with Crippen LogP contribution in [0.2, 0.25) is 0 Å². The summed E-state index contributed by atoms with van der Waals surface area (Å²) in [7, 11) is 0. The molecule has 0 unspecified atom stereocenters. The van der Waals surface area contributed by atoms with Crippen LogP contribution in [0, 0.1) is 0 Å². The highest BCUT2D eigenvalue weighted by Crippen LogP contribution is 2.15. The lowest BCUT2D eigenvalue weighted by Crippen LogP contribution is -2.21. The minimum Gasteiger partial charge on any atom is -0.372 e. The fourth-order valence-corrected chi connectivity index (χ4v) is 2.09. The number of ketones is 1. The first kappa shape index (κ1) is 13.1. The van der Waals surface area contributed by atoms with Gasteiger partial charge in [0.15, 0.2) is 5.78 Å². The summed E-state index contributed by atoms with van der Waals surface area (Å²) in [5.74, 6) is 0.767. The first-order valence-electron chi connectivity index (χ1n) is 5.60. The van der Waals surface area contributed by atoms with Gasteiger partial charge < -0.3 is 4.90 Å². The Kier molecular flexibility index (Phi) is 5.39. The van der Waals surface area contributed by atoms with Gasteiger partial charge >= 0.3 is 0 Å². The second-order valence-corrected chi connectivity index (χ2v) is 4.44. The van der Waals surface area contributed by atoms with Crippen molar-refractivity contribution in [1.82, 2.24) is 0 Å². The molecule has 0 aromatic heterocycles. The average Bonchev–Trinajstić information content (AvgIpc) is 2.32. The molecule has 88 valence electrons. The normalized spacial score (nSPS) is 10.2. The maximum absolute atomic E-state index is 11.6. The third kappa shape index (κ3) is 3.27. The smallest absolute Gasteiger partial charge is 0.172 e. The predicted molar refractivity (Wildman–Crippen MR) is 72.7 cm³/mol. The molecule has 16 heavy (non-hydrogen) atoms. The molecular formula is C13H19NOS. The molecule has 0 bridgehead atoms. The first-order chi connectivity index (χ1) is 7.72. The van der Waals surface area contributed by atoms with Gasteiger partial charge in [-0.3, -0.25) is 4.79 Å². The number of Topliss-reactive ketones (excluding diaryl/α,β-unsaturated/α-hetero) is 1. The van der Waals surface area contributed by atoms with Crippen molar-refractivity contribution < 1.29 is 4.79 Å². The molecule has 0 saturated carbocycles. The number of carbonyl (C=O) groups is 1. The standard InChI is InChI=1S/C13H19NOS/c1-4-14(5-2)12-8-6-11(7-9-12)13(15)10-16-3/h6-9H,4-5,10H2,1-3H3. The summed E-state index contributed by atoms with van der Waals surface area (Å²) in [6.07, 6.45) is 1.95. The van der Waals surface area contributed by atoms with E-state index in [0.717, 1.165) is 18.7 Å². The van der Waals surface area contributed by atoms with Crippen LogP contribution in [0.5, 0.6) is 0 Å². The largest absolute Gasteiger partial charge is 0.372 e. The van der Waals surface area contributed by atoms with Crippen molar-refractivity contribution in [3.05, 3.63) is 29.8 Å². The lowest BCUT2D eigenvalue weighted by atomic mass is 10.1. The third-order valence-electron chi connectivity index (χ3n) is 2.59. The van der Waals surface area contributed by atoms with Crippen molar-refractivity contribution in [3.63, 3.8) is 0 Å². The van der Waals surface area contributed by atoms with E-state index in [1.165, 1.54) is 5.69 Å². The molecule has 0 heterocycles. The zero-order valence-corrected chi connectivity index (χ0v) is 11.0. The number of anilines is 1. The van der Waals surface area contributed by atoms with E-state index in [9.17, 15) is 4.79 Å². The van der Waals surface area contributed by atoms with Crippen LogP contribution in [-0.2, 0) is 0 Å². The number of benzene rings is 1. The van der Waals surface area contributed by atoms with E-state index in [1.54, 1.807) is 11.8 Å². The van der Waals surface area contributed by atoms with E-state index in [0.29, 0.717) is 5.75 Å². The molecule has 0 aliphatic rings. The van der Waals surface area contributed by atoms with Gasteiger partial charge in [-0.05, 0) is 44.4 Å². The minimum atomic E-state index is 0.207. The number of hydrogen-bond acceptors (Lipinski definition) is 3. The Morgan fingerprint density at radius 2 is 1.75 bits per heavy atom. The molecule has 0 atom stereocenters. The second kappa shape index (κ2) is 6.59. The highest BCUT2D eigenvalue weighted by atomic mass is 32.2. The van der Waals surface area contributed by atoms with Gasteiger partial charge in [0.1, 0.15) is 0 Å². The number of rotatable bonds is 6. The second-order valence-electron chi connectivity index (χ2n) is 3.58. The zero-order chi connectivity index (χ0) is 12.0. The summed E-state index contributed by atoms with van der Waals surface area (Å²) < 4.78 is 0. The Balaban J connectivity index is 2.78. The van der Waals surface area contributed by atoms with Crippen LogP contribution in [0.15, 0.2) is 24.3 Å². The Morgan fingerprint density at radius 3 is 2.19 bits per heavy atom. The number of carbonyl (C=O) groups excluding carboxylic acids is 1. The van der Waals surface area contributed by atoms with Gasteiger partial charge in [0.2, 0.25) is 0 Å². The van der Waals surface area contributed by atoms with Crippen molar-refractivity contribution in [3.8, 4) is 0 Å². The molecule has 0 N–H and O–H groups in total. The lowest BCUT2D eigenvalue weighted by Gasteiger charge is -2.20. The maximum Gasteiger partial charge on any atom is 0.172 e. The summed E-state index contributed by atoms with van der Waals surface area (Å²) in [5.41, 5.74) is 2.00. The van der Waals surface area contributed by atoms with Gasteiger partial charge in [-0.1, -0.05) is 0 Å². The highest BCUT2D eigenvalue weighted by Gasteiger charge is 2.06. The van der Waals surface area contributed by atoms with E-state index in [-0.39, 0.29) is 5.78 Å². The third-order valence-corrected chi connectivity index (χ3v) is 3.14. The minimum absolute atomic E-state index is 0.207. The molecule has 1 rings (SSSR count). The Bertz CT molecular complexity index is 330. The summed E-state index contributed by atoms with van der Waals surface area (Å²) in [6, 6.07) is 7.90. The van der Waals surface area contributed by atoms with Crippen LogP contribution < -0.4 is 4.90 Å². The van der Waals surface area contributed by atoms with Crippen LogP contribution in [0.3, 0.4) is 0 Å². The lowest BCUT2D eigenvalue weighted by molar-refractivity contribution is 0.102. The molecule has 0 aliphatic carbocycles. The first-order valence-corrected chi connectivity index (χ1v) is 6.99. The fourth-order valence-electron chi connectivity index (χ4n) is 1.66. The summed E-state index contributed by atoms with van der Waals surface area (Å²) in [6.45, 7) is 6.26. The number of nitrogens with zero attached hydrogens (tertiary/aromatic N) is 1. The molecule has 0 aliphatic heterocycles. The van der Waals surface area contributed by atoms with Crippen LogP contribution >= 0.6 is 11.8 Å². The molecule has 0 fully saturated rings. The van der Waals surface area contributed by atoms with Crippen molar-refractivity contribution in [2.45, 2.75) is 13.8 Å². The molecule has 0 saturated heterocycles. The van der Waals surface area contributed by atoms with Gasteiger partial charge in [0.25, 0.3) is 0 Å². The van der Waals surface area contributed by atoms with E-state index in [4.69, 9.17) is 0 Å². The monoisotopic (exact) mass is 237 g/mol. The van der Waals surface area contributed by atoms with Crippen molar-refractivity contribution in [2.24, 2.45) is 0 Å². The van der Waals surface area contributed by atoms with Crippen LogP contribution in [0.4, 0.5) is 5.69 Å². The molecule has 1 aromatic rings. The zero-order valence-electron chi connectivity index (χ0n) is 10.2. The van der Waals surface area contributed by atoms with Crippen molar-refractivity contribution in [2.75, 3.05) is 30.0 Å². The van der Waals surface area contributed by atoms with Crippen LogP contribution in [0.1, 0.15) is 24.2 Å². The SMILES string of the molecule is CCN(CC)c1ccc(C(=O)CSC)cc1. The Labute approximate surface area is 102 Å². The predicted octanol–water partition coefficient (Wildman–Crippen LogP) is 3.08. The molecule has 3 heteroatoms. The average molecular weight is 237 g/mol. The summed E-state index contributed by atoms with van der Waals surface area (Å²) in [4.78, 5) is 13.9. The van der Waals surface area contributed by atoms with Gasteiger partial charge in [-0.15, -0.1) is 0 Å². The van der Waals surface area contributed by atoms with Crippen LogP contribution in [0.25, 0.3) is 0 Å². The molecule has 0 radical (unpaired) electrons.